The van der Waals surface area contributed by atoms with E-state index in [1.165, 1.54) is 38.5 Å². The van der Waals surface area contributed by atoms with Crippen LogP contribution in [0.15, 0.2) is 23.8 Å². The molecule has 4 fully saturated rings. The maximum absolute atomic E-state index is 10.7. The topological polar surface area (TPSA) is 40.5 Å². The van der Waals surface area contributed by atoms with E-state index < -0.39 is 5.60 Å². The summed E-state index contributed by atoms with van der Waals surface area (Å²) in [6, 6.07) is 0. The van der Waals surface area contributed by atoms with Crippen molar-refractivity contribution in [1.29, 1.82) is 0 Å². The van der Waals surface area contributed by atoms with E-state index in [4.69, 9.17) is 0 Å². The number of allylic oxidation sites excluding steroid dienone is 1. The van der Waals surface area contributed by atoms with Crippen molar-refractivity contribution in [3.05, 3.63) is 23.8 Å². The third-order valence-electron chi connectivity index (χ3n) is 11.5. The molecule has 5 aliphatic rings. The van der Waals surface area contributed by atoms with Gasteiger partial charge in [-0.2, -0.15) is 0 Å². The molecule has 5 aliphatic carbocycles. The zero-order valence-electron chi connectivity index (χ0n) is 19.8. The Hall–Kier alpha value is -0.600. The van der Waals surface area contributed by atoms with Crippen molar-refractivity contribution in [1.82, 2.24) is 0 Å². The van der Waals surface area contributed by atoms with Gasteiger partial charge < -0.3 is 10.2 Å². The van der Waals surface area contributed by atoms with E-state index in [0.717, 1.165) is 54.9 Å². The predicted octanol–water partition coefficient (Wildman–Crippen LogP) is 6.28. The van der Waals surface area contributed by atoms with Crippen LogP contribution in [0.2, 0.25) is 0 Å². The quantitative estimate of drug-likeness (QED) is 0.524. The highest BCUT2D eigenvalue weighted by molar-refractivity contribution is 5.26. The number of aliphatic hydroxyl groups excluding tert-OH is 1. The van der Waals surface area contributed by atoms with Gasteiger partial charge in [-0.25, -0.2) is 0 Å². The van der Waals surface area contributed by atoms with E-state index >= 15 is 0 Å². The van der Waals surface area contributed by atoms with Gasteiger partial charge in [-0.05, 0) is 123 Å². The van der Waals surface area contributed by atoms with Crippen LogP contribution in [-0.4, -0.2) is 21.9 Å². The standard InChI is InChI=1S/C28H44O2/c1-17-14-19(16-28(17,5)30)18(2)23-8-9-24-22-7-6-20-15-21(29)10-12-26(20,3)25(22)11-13-27(23,24)4/h6,18-19,21-25,29-30H,1,7-16H2,2-5H3/t18-,19-,21+,22+,23-,24+,25+,26+,27-,28+/m1/s1. The van der Waals surface area contributed by atoms with Crippen molar-refractivity contribution in [2.45, 2.75) is 104 Å². The Kier molecular flexibility index (Phi) is 4.92. The number of rotatable bonds is 2. The normalized spacial score (nSPS) is 54.2. The minimum Gasteiger partial charge on any atom is -0.393 e. The fourth-order valence-electron chi connectivity index (χ4n) is 9.51. The highest BCUT2D eigenvalue weighted by atomic mass is 16.3. The largest absolute Gasteiger partial charge is 0.393 e. The molecule has 10 atom stereocenters. The molecular weight excluding hydrogens is 368 g/mol. The zero-order valence-corrected chi connectivity index (χ0v) is 19.8. The fourth-order valence-corrected chi connectivity index (χ4v) is 9.51. The van der Waals surface area contributed by atoms with Crippen LogP contribution in [0, 0.1) is 46.3 Å². The molecule has 0 spiro atoms. The summed E-state index contributed by atoms with van der Waals surface area (Å²) in [5.41, 5.74) is 2.79. The molecule has 0 heterocycles. The van der Waals surface area contributed by atoms with Crippen LogP contribution in [0.5, 0.6) is 0 Å². The first-order valence-electron chi connectivity index (χ1n) is 12.8. The minimum absolute atomic E-state index is 0.107. The molecule has 5 rings (SSSR count). The molecule has 0 amide bonds. The molecule has 0 aliphatic heterocycles. The van der Waals surface area contributed by atoms with E-state index in [9.17, 15) is 10.2 Å². The van der Waals surface area contributed by atoms with Gasteiger partial charge in [-0.1, -0.05) is 39.0 Å². The summed E-state index contributed by atoms with van der Waals surface area (Å²) in [7, 11) is 0. The van der Waals surface area contributed by atoms with Gasteiger partial charge in [0.25, 0.3) is 0 Å². The van der Waals surface area contributed by atoms with Gasteiger partial charge in [0, 0.05) is 0 Å². The summed E-state index contributed by atoms with van der Waals surface area (Å²) < 4.78 is 0. The molecule has 0 saturated heterocycles. The summed E-state index contributed by atoms with van der Waals surface area (Å²) in [6.45, 7) is 13.8. The maximum atomic E-state index is 10.7. The van der Waals surface area contributed by atoms with Gasteiger partial charge in [0.15, 0.2) is 0 Å². The molecule has 0 bridgehead atoms. The lowest BCUT2D eigenvalue weighted by Crippen LogP contribution is -2.51. The van der Waals surface area contributed by atoms with Crippen molar-refractivity contribution in [3.8, 4) is 0 Å². The molecule has 30 heavy (non-hydrogen) atoms. The first-order chi connectivity index (χ1) is 14.1. The van der Waals surface area contributed by atoms with Crippen molar-refractivity contribution >= 4 is 0 Å². The summed E-state index contributed by atoms with van der Waals surface area (Å²) in [6.07, 6.45) is 14.3. The predicted molar refractivity (Wildman–Crippen MR) is 123 cm³/mol. The number of fused-ring (bicyclic) bond motifs is 5. The number of hydrogen-bond donors (Lipinski definition) is 2. The molecule has 0 aromatic carbocycles. The Morgan fingerprint density at radius 1 is 1.03 bits per heavy atom. The Morgan fingerprint density at radius 3 is 2.50 bits per heavy atom. The van der Waals surface area contributed by atoms with E-state index in [0.29, 0.717) is 22.7 Å². The third-order valence-corrected chi connectivity index (χ3v) is 11.5. The second kappa shape index (κ2) is 6.95. The molecule has 0 unspecified atom stereocenters. The SMILES string of the molecule is C=C1C[C@@H]([C@@H](C)[C@H]2CC[C@H]3[C@@H]4CC=C5C[C@@H](O)CC[C@]5(C)[C@H]4CC[C@]23C)C[C@]1(C)O. The van der Waals surface area contributed by atoms with Crippen molar-refractivity contribution in [3.63, 3.8) is 0 Å². The van der Waals surface area contributed by atoms with E-state index in [1.807, 2.05) is 6.92 Å². The van der Waals surface area contributed by atoms with Crippen molar-refractivity contribution < 1.29 is 10.2 Å². The van der Waals surface area contributed by atoms with Gasteiger partial charge in [0.2, 0.25) is 0 Å². The molecule has 2 heteroatoms. The van der Waals surface area contributed by atoms with Crippen LogP contribution >= 0.6 is 0 Å². The Bertz CT molecular complexity index is 750. The van der Waals surface area contributed by atoms with Crippen LogP contribution < -0.4 is 0 Å². The van der Waals surface area contributed by atoms with Crippen LogP contribution in [0.3, 0.4) is 0 Å². The van der Waals surface area contributed by atoms with E-state index in [-0.39, 0.29) is 6.10 Å². The lowest BCUT2D eigenvalue weighted by Gasteiger charge is -2.58. The molecule has 0 aromatic rings. The van der Waals surface area contributed by atoms with Gasteiger partial charge in [-0.15, -0.1) is 0 Å². The van der Waals surface area contributed by atoms with Gasteiger partial charge in [0.05, 0.1) is 11.7 Å². The second-order valence-electron chi connectivity index (χ2n) is 12.8. The number of hydrogen-bond acceptors (Lipinski definition) is 2. The van der Waals surface area contributed by atoms with Crippen molar-refractivity contribution in [2.75, 3.05) is 0 Å². The zero-order chi connectivity index (χ0) is 21.5. The van der Waals surface area contributed by atoms with Crippen LogP contribution in [0.4, 0.5) is 0 Å². The first kappa shape index (κ1) is 21.3. The minimum atomic E-state index is -0.653. The summed E-state index contributed by atoms with van der Waals surface area (Å²) >= 11 is 0. The van der Waals surface area contributed by atoms with Crippen molar-refractivity contribution in [2.24, 2.45) is 46.3 Å². The summed E-state index contributed by atoms with van der Waals surface area (Å²) in [5.74, 6) is 4.59. The lowest BCUT2D eigenvalue weighted by atomic mass is 9.46. The van der Waals surface area contributed by atoms with Crippen LogP contribution in [0.25, 0.3) is 0 Å². The Balaban J connectivity index is 1.38. The molecule has 2 N–H and O–H groups in total. The molecule has 0 radical (unpaired) electrons. The lowest BCUT2D eigenvalue weighted by molar-refractivity contribution is -0.0613. The first-order valence-corrected chi connectivity index (χ1v) is 12.8. The molecule has 2 nitrogen and oxygen atoms in total. The smallest absolute Gasteiger partial charge is 0.0829 e. The van der Waals surface area contributed by atoms with Crippen LogP contribution in [-0.2, 0) is 0 Å². The molecule has 168 valence electrons. The van der Waals surface area contributed by atoms with Gasteiger partial charge in [-0.3, -0.25) is 0 Å². The average Bonchev–Trinajstić information content (AvgIpc) is 3.17. The maximum Gasteiger partial charge on any atom is 0.0829 e. The molecule has 0 aromatic heterocycles. The Morgan fingerprint density at radius 2 is 1.80 bits per heavy atom. The highest BCUT2D eigenvalue weighted by Gasteiger charge is 2.60. The van der Waals surface area contributed by atoms with E-state index in [1.54, 1.807) is 5.57 Å². The third kappa shape index (κ3) is 2.95. The monoisotopic (exact) mass is 412 g/mol. The fraction of sp³-hybridized carbons (Fsp3) is 0.857. The summed E-state index contributed by atoms with van der Waals surface area (Å²) in [4.78, 5) is 0. The average molecular weight is 413 g/mol. The van der Waals surface area contributed by atoms with Gasteiger partial charge in [0.1, 0.15) is 0 Å². The summed E-state index contributed by atoms with van der Waals surface area (Å²) in [5, 5.41) is 20.9. The number of aliphatic hydroxyl groups is 2. The molecular formula is C28H44O2. The Labute approximate surface area is 184 Å². The van der Waals surface area contributed by atoms with Crippen LogP contribution in [0.1, 0.15) is 91.9 Å². The molecule has 4 saturated carbocycles. The second-order valence-corrected chi connectivity index (χ2v) is 12.8. The van der Waals surface area contributed by atoms with E-state index in [2.05, 4.69) is 33.4 Å². The highest BCUT2D eigenvalue weighted by Crippen LogP contribution is 2.68. The van der Waals surface area contributed by atoms with Gasteiger partial charge >= 0.3 is 0 Å².